The van der Waals surface area contributed by atoms with Gasteiger partial charge >= 0.3 is 0 Å². The third-order valence-electron chi connectivity index (χ3n) is 4.65. The molecule has 6 nitrogen and oxygen atoms in total. The number of anilines is 2. The van der Waals surface area contributed by atoms with Crippen molar-refractivity contribution in [2.75, 3.05) is 5.32 Å². The quantitative estimate of drug-likeness (QED) is 0.307. The third kappa shape index (κ3) is 5.12. The summed E-state index contributed by atoms with van der Waals surface area (Å²) < 4.78 is 20.0. The molecule has 9 heteroatoms. The second kappa shape index (κ2) is 9.83. The second-order valence-corrected chi connectivity index (χ2v) is 8.52. The van der Waals surface area contributed by atoms with Gasteiger partial charge in [0.25, 0.3) is 0 Å². The van der Waals surface area contributed by atoms with Crippen LogP contribution in [0.4, 0.5) is 15.9 Å². The van der Waals surface area contributed by atoms with Gasteiger partial charge in [0.05, 0.1) is 20.1 Å². The molecule has 3 heterocycles. The summed E-state index contributed by atoms with van der Waals surface area (Å²) in [5, 5.41) is 3.70. The number of fused-ring (bicyclic) bond motifs is 1. The topological polar surface area (TPSA) is 72.8 Å². The Morgan fingerprint density at radius 2 is 1.85 bits per heavy atom. The minimum Gasteiger partial charge on any atom is -0.487 e. The Morgan fingerprint density at radius 3 is 2.68 bits per heavy atom. The van der Waals surface area contributed by atoms with E-state index in [1.807, 2.05) is 12.1 Å². The number of nitrogens with one attached hydrogen (secondary N) is 1. The van der Waals surface area contributed by atoms with E-state index < -0.39 is 0 Å². The Morgan fingerprint density at radius 1 is 0.971 bits per heavy atom. The monoisotopic (exact) mass is 487 g/mol. The summed E-state index contributed by atoms with van der Waals surface area (Å²) in [4.78, 5) is 17.8. The van der Waals surface area contributed by atoms with Gasteiger partial charge in [0.15, 0.2) is 5.82 Å². The van der Waals surface area contributed by atoms with Crippen LogP contribution in [0.3, 0.4) is 0 Å². The van der Waals surface area contributed by atoms with Gasteiger partial charge in [-0.05, 0) is 59.9 Å². The van der Waals surface area contributed by atoms with Crippen LogP contribution in [0.15, 0.2) is 73.3 Å². The van der Waals surface area contributed by atoms with Gasteiger partial charge < -0.3 is 10.1 Å². The zero-order valence-electron chi connectivity index (χ0n) is 17.5. The first kappa shape index (κ1) is 21.8. The van der Waals surface area contributed by atoms with E-state index in [2.05, 4.69) is 37.1 Å². The van der Waals surface area contributed by atoms with Crippen LogP contribution in [0.1, 0.15) is 16.3 Å². The van der Waals surface area contributed by atoms with Crippen molar-refractivity contribution in [3.05, 3.63) is 100 Å². The van der Waals surface area contributed by atoms with E-state index in [0.29, 0.717) is 22.4 Å². The lowest BCUT2D eigenvalue weighted by molar-refractivity contribution is 0.306. The minimum atomic E-state index is -0.306. The van der Waals surface area contributed by atoms with E-state index in [1.54, 1.807) is 42.7 Å². The molecule has 2 aromatic carbocycles. The maximum Gasteiger partial charge on any atom is 0.205 e. The van der Waals surface area contributed by atoms with Crippen molar-refractivity contribution in [3.8, 4) is 17.6 Å². The number of nitrogens with zero attached hydrogens (tertiary/aromatic N) is 4. The molecular formula is C25H15ClFN5OS. The van der Waals surface area contributed by atoms with Crippen molar-refractivity contribution < 1.29 is 9.13 Å². The van der Waals surface area contributed by atoms with Gasteiger partial charge in [-0.15, -0.1) is 11.3 Å². The van der Waals surface area contributed by atoms with Crippen LogP contribution in [0.5, 0.6) is 5.75 Å². The standard InChI is InChI=1S/C25H15ClFN5OS/c26-20-12-18(5-7-22(20)33-14-16-3-1-4-17(27)11-16)32-25-24-21(30-15-31-25)13-19(34-24)6-8-23-28-9-2-10-29-23/h1-5,7,9-13,15H,14H2,(H,30,31,32). The maximum absolute atomic E-state index is 13.4. The van der Waals surface area contributed by atoms with E-state index in [9.17, 15) is 4.39 Å². The summed E-state index contributed by atoms with van der Waals surface area (Å²) in [6.07, 6.45) is 4.80. The smallest absolute Gasteiger partial charge is 0.205 e. The van der Waals surface area contributed by atoms with Gasteiger partial charge in [0, 0.05) is 18.1 Å². The number of hydrogen-bond donors (Lipinski definition) is 1. The SMILES string of the molecule is Fc1cccc(COc2ccc(Nc3ncnc4cc(C#Cc5ncccn5)sc34)cc2Cl)c1. The predicted molar refractivity (Wildman–Crippen MR) is 131 cm³/mol. The van der Waals surface area contributed by atoms with Gasteiger partial charge in [-0.2, -0.15) is 0 Å². The van der Waals surface area contributed by atoms with Crippen molar-refractivity contribution in [2.24, 2.45) is 0 Å². The highest BCUT2D eigenvalue weighted by molar-refractivity contribution is 7.20. The highest BCUT2D eigenvalue weighted by atomic mass is 35.5. The molecule has 5 aromatic rings. The zero-order chi connectivity index (χ0) is 23.3. The number of halogens is 2. The Bertz CT molecular complexity index is 1530. The number of aromatic nitrogens is 4. The number of rotatable bonds is 5. The maximum atomic E-state index is 13.4. The fourth-order valence-corrected chi connectivity index (χ4v) is 4.25. The van der Waals surface area contributed by atoms with E-state index in [0.717, 1.165) is 26.3 Å². The lowest BCUT2D eigenvalue weighted by Crippen LogP contribution is -1.98. The summed E-state index contributed by atoms with van der Waals surface area (Å²) in [5.74, 6) is 7.32. The lowest BCUT2D eigenvalue weighted by atomic mass is 10.2. The van der Waals surface area contributed by atoms with Crippen LogP contribution in [0.2, 0.25) is 5.02 Å². The first-order chi connectivity index (χ1) is 16.6. The minimum absolute atomic E-state index is 0.212. The second-order valence-electron chi connectivity index (χ2n) is 7.06. The molecule has 0 aliphatic heterocycles. The molecule has 166 valence electrons. The van der Waals surface area contributed by atoms with E-state index in [-0.39, 0.29) is 12.4 Å². The summed E-state index contributed by atoms with van der Waals surface area (Å²) in [7, 11) is 0. The summed E-state index contributed by atoms with van der Waals surface area (Å²) in [5.41, 5.74) is 2.24. The summed E-state index contributed by atoms with van der Waals surface area (Å²) in [6, 6.07) is 15.2. The Balaban J connectivity index is 1.33. The molecular weight excluding hydrogens is 473 g/mol. The van der Waals surface area contributed by atoms with Crippen LogP contribution in [-0.4, -0.2) is 19.9 Å². The molecule has 3 aromatic heterocycles. The molecule has 0 saturated heterocycles. The molecule has 0 unspecified atom stereocenters. The average Bonchev–Trinajstić information content (AvgIpc) is 3.27. The number of benzene rings is 2. The number of hydrogen-bond acceptors (Lipinski definition) is 7. The fraction of sp³-hybridized carbons (Fsp3) is 0.0400. The molecule has 0 fully saturated rings. The van der Waals surface area contributed by atoms with E-state index >= 15 is 0 Å². The predicted octanol–water partition coefficient (Wildman–Crippen LogP) is 6.00. The van der Waals surface area contributed by atoms with Gasteiger partial charge in [-0.25, -0.2) is 24.3 Å². The molecule has 0 radical (unpaired) electrons. The molecule has 1 N–H and O–H groups in total. The first-order valence-electron chi connectivity index (χ1n) is 10.1. The van der Waals surface area contributed by atoms with Crippen molar-refractivity contribution in [1.29, 1.82) is 0 Å². The van der Waals surface area contributed by atoms with Crippen LogP contribution in [0, 0.1) is 17.7 Å². The molecule has 0 spiro atoms. The molecule has 5 rings (SSSR count). The molecule has 0 amide bonds. The highest BCUT2D eigenvalue weighted by Crippen LogP contribution is 2.33. The van der Waals surface area contributed by atoms with Crippen LogP contribution >= 0.6 is 22.9 Å². The van der Waals surface area contributed by atoms with Gasteiger partial charge in [0.2, 0.25) is 5.82 Å². The van der Waals surface area contributed by atoms with Crippen LogP contribution in [0.25, 0.3) is 10.2 Å². The van der Waals surface area contributed by atoms with Crippen molar-refractivity contribution in [2.45, 2.75) is 6.61 Å². The Labute approximate surface area is 203 Å². The van der Waals surface area contributed by atoms with Crippen molar-refractivity contribution in [3.63, 3.8) is 0 Å². The number of ether oxygens (including phenoxy) is 1. The summed E-state index contributed by atoms with van der Waals surface area (Å²) >= 11 is 7.89. The Kier molecular flexibility index (Phi) is 6.29. The average molecular weight is 488 g/mol. The molecule has 0 aliphatic carbocycles. The van der Waals surface area contributed by atoms with Crippen LogP contribution in [-0.2, 0) is 6.61 Å². The molecule has 0 atom stereocenters. The largest absolute Gasteiger partial charge is 0.487 e. The van der Waals surface area contributed by atoms with Gasteiger partial charge in [0.1, 0.15) is 24.5 Å². The third-order valence-corrected chi connectivity index (χ3v) is 5.99. The first-order valence-corrected chi connectivity index (χ1v) is 11.3. The van der Waals surface area contributed by atoms with E-state index in [4.69, 9.17) is 16.3 Å². The molecule has 0 saturated carbocycles. The van der Waals surface area contributed by atoms with Crippen molar-refractivity contribution in [1.82, 2.24) is 19.9 Å². The van der Waals surface area contributed by atoms with Gasteiger partial charge in [-0.3, -0.25) is 0 Å². The zero-order valence-corrected chi connectivity index (χ0v) is 19.1. The van der Waals surface area contributed by atoms with Gasteiger partial charge in [-0.1, -0.05) is 23.7 Å². The fourth-order valence-electron chi connectivity index (χ4n) is 3.11. The summed E-state index contributed by atoms with van der Waals surface area (Å²) in [6.45, 7) is 0.212. The Hall–Kier alpha value is -4.06. The van der Waals surface area contributed by atoms with Crippen LogP contribution < -0.4 is 10.1 Å². The normalized spacial score (nSPS) is 10.5. The number of thiophene rings is 1. The molecule has 0 bridgehead atoms. The molecule has 0 aliphatic rings. The highest BCUT2D eigenvalue weighted by Gasteiger charge is 2.10. The van der Waals surface area contributed by atoms with Crippen molar-refractivity contribution >= 4 is 44.7 Å². The molecule has 34 heavy (non-hydrogen) atoms. The van der Waals surface area contributed by atoms with E-state index in [1.165, 1.54) is 29.8 Å². The lowest BCUT2D eigenvalue weighted by Gasteiger charge is -2.11.